The molecule has 3 rings (SSSR count). The van der Waals surface area contributed by atoms with E-state index >= 15 is 0 Å². The summed E-state index contributed by atoms with van der Waals surface area (Å²) < 4.78 is 12.9. The highest BCUT2D eigenvalue weighted by molar-refractivity contribution is 6.72. The van der Waals surface area contributed by atoms with E-state index in [0.29, 0.717) is 33.8 Å². The smallest absolute Gasteiger partial charge is 0.245 e. The summed E-state index contributed by atoms with van der Waals surface area (Å²) in [6, 6.07) is 13.0. The molecule has 0 aromatic heterocycles. The molecule has 6 heteroatoms. The van der Waals surface area contributed by atoms with Crippen molar-refractivity contribution in [3.8, 4) is 11.5 Å². The molecule has 0 heterocycles. The van der Waals surface area contributed by atoms with Crippen LogP contribution in [-0.2, 0) is 0 Å². The van der Waals surface area contributed by atoms with E-state index in [2.05, 4.69) is 40.0 Å². The van der Waals surface area contributed by atoms with E-state index in [1.54, 1.807) is 24.3 Å². The zero-order chi connectivity index (χ0) is 29.2. The molecular formula is C34H52O4Si2. The van der Waals surface area contributed by atoms with Crippen molar-refractivity contribution in [2.45, 2.75) is 129 Å². The molecule has 40 heavy (non-hydrogen) atoms. The third-order valence-corrected chi connectivity index (χ3v) is 12.7. The standard InChI is InChI=1S/C34H52O4Si2/c1-7-9-11-13-15-17-23-39(3,4)37-27-19-21-29-31(25-27)33(35)30-22-20-28(26-32(30)34(29)36)38-40(5,6)24-18-16-14-12-10-8-2/h19-22,25-26H,7-18,23-24H2,1-6H3. The number of rotatable bonds is 18. The van der Waals surface area contributed by atoms with Crippen molar-refractivity contribution >= 4 is 28.2 Å². The summed E-state index contributed by atoms with van der Waals surface area (Å²) in [5, 5.41) is 0. The third kappa shape index (κ3) is 9.44. The number of hydrogen-bond acceptors (Lipinski definition) is 4. The van der Waals surface area contributed by atoms with Crippen LogP contribution in [0.25, 0.3) is 0 Å². The summed E-state index contributed by atoms with van der Waals surface area (Å²) in [5.74, 6) is 1.18. The number of fused-ring (bicyclic) bond motifs is 2. The Hall–Kier alpha value is -2.19. The van der Waals surface area contributed by atoms with Gasteiger partial charge >= 0.3 is 0 Å². The fourth-order valence-electron chi connectivity index (χ4n) is 5.64. The molecule has 2 aromatic carbocycles. The van der Waals surface area contributed by atoms with Crippen LogP contribution in [0.1, 0.15) is 123 Å². The fraction of sp³-hybridized carbons (Fsp3) is 0.588. The van der Waals surface area contributed by atoms with Gasteiger partial charge in [-0.15, -0.1) is 0 Å². The summed E-state index contributed by atoms with van der Waals surface area (Å²) in [5.41, 5.74) is 1.82. The van der Waals surface area contributed by atoms with E-state index in [-0.39, 0.29) is 11.6 Å². The van der Waals surface area contributed by atoms with Crippen LogP contribution in [-0.4, -0.2) is 28.2 Å². The lowest BCUT2D eigenvalue weighted by Gasteiger charge is -2.27. The van der Waals surface area contributed by atoms with Gasteiger partial charge in [-0.25, -0.2) is 0 Å². The Labute approximate surface area is 245 Å². The zero-order valence-corrected chi connectivity index (χ0v) is 28.0. The minimum absolute atomic E-state index is 0.111. The van der Waals surface area contributed by atoms with Crippen LogP contribution >= 0.6 is 0 Å². The molecule has 0 unspecified atom stereocenters. The lowest BCUT2D eigenvalue weighted by atomic mass is 9.84. The molecule has 220 valence electrons. The summed E-state index contributed by atoms with van der Waals surface area (Å²) in [4.78, 5) is 27.0. The normalized spacial score (nSPS) is 13.2. The summed E-state index contributed by atoms with van der Waals surface area (Å²) >= 11 is 0. The highest BCUT2D eigenvalue weighted by Crippen LogP contribution is 2.34. The summed E-state index contributed by atoms with van der Waals surface area (Å²) in [6.45, 7) is 13.4. The van der Waals surface area contributed by atoms with Crippen LogP contribution in [0.5, 0.6) is 11.5 Å². The van der Waals surface area contributed by atoms with Gasteiger partial charge in [-0.2, -0.15) is 0 Å². The van der Waals surface area contributed by atoms with Gasteiger partial charge in [-0.3, -0.25) is 9.59 Å². The Bertz CT molecular complexity index is 1050. The van der Waals surface area contributed by atoms with Gasteiger partial charge in [0.15, 0.2) is 11.6 Å². The maximum atomic E-state index is 13.5. The minimum Gasteiger partial charge on any atom is -0.544 e. The van der Waals surface area contributed by atoms with Crippen LogP contribution in [0, 0.1) is 0 Å². The lowest BCUT2D eigenvalue weighted by molar-refractivity contribution is 0.0979. The van der Waals surface area contributed by atoms with Gasteiger partial charge in [0.1, 0.15) is 11.5 Å². The maximum absolute atomic E-state index is 13.5. The van der Waals surface area contributed by atoms with Gasteiger partial charge in [0.25, 0.3) is 0 Å². The molecule has 2 aromatic rings. The largest absolute Gasteiger partial charge is 0.544 e. The van der Waals surface area contributed by atoms with E-state index < -0.39 is 16.6 Å². The van der Waals surface area contributed by atoms with Crippen LogP contribution in [0.3, 0.4) is 0 Å². The predicted octanol–water partition coefficient (Wildman–Crippen LogP) is 10.4. The molecule has 1 aliphatic rings. The van der Waals surface area contributed by atoms with Gasteiger partial charge in [0, 0.05) is 22.3 Å². The van der Waals surface area contributed by atoms with Crippen molar-refractivity contribution in [3.05, 3.63) is 58.7 Å². The molecule has 4 nitrogen and oxygen atoms in total. The maximum Gasteiger partial charge on any atom is 0.245 e. The van der Waals surface area contributed by atoms with E-state index in [1.807, 2.05) is 12.1 Å². The molecule has 0 N–H and O–H groups in total. The monoisotopic (exact) mass is 580 g/mol. The molecule has 1 aliphatic carbocycles. The van der Waals surface area contributed by atoms with E-state index in [0.717, 1.165) is 12.1 Å². The second-order valence-corrected chi connectivity index (χ2v) is 21.3. The van der Waals surface area contributed by atoms with Gasteiger partial charge in [0.2, 0.25) is 16.6 Å². The molecule has 0 fully saturated rings. The fourth-order valence-corrected chi connectivity index (χ4v) is 9.57. The van der Waals surface area contributed by atoms with Crippen LogP contribution in [0.15, 0.2) is 36.4 Å². The number of carbonyl (C=O) groups excluding carboxylic acids is 2. The number of unbranched alkanes of at least 4 members (excludes halogenated alkanes) is 10. The van der Waals surface area contributed by atoms with Crippen LogP contribution in [0.2, 0.25) is 38.3 Å². The molecule has 0 aliphatic heterocycles. The Morgan fingerprint density at radius 3 is 1.23 bits per heavy atom. The van der Waals surface area contributed by atoms with Crippen molar-refractivity contribution in [1.29, 1.82) is 0 Å². The average Bonchev–Trinajstić information content (AvgIpc) is 2.90. The van der Waals surface area contributed by atoms with Crippen LogP contribution in [0.4, 0.5) is 0 Å². The molecule has 0 amide bonds. The Kier molecular flexibility index (Phi) is 12.3. The number of ketones is 2. The van der Waals surface area contributed by atoms with Gasteiger partial charge in [-0.1, -0.05) is 90.9 Å². The Morgan fingerprint density at radius 2 is 0.850 bits per heavy atom. The molecule has 0 saturated heterocycles. The lowest BCUT2D eigenvalue weighted by Crippen LogP contribution is -2.34. The highest BCUT2D eigenvalue weighted by atomic mass is 28.4. The zero-order valence-electron chi connectivity index (χ0n) is 26.0. The first kappa shape index (κ1) is 32.3. The molecule has 0 spiro atoms. The van der Waals surface area contributed by atoms with E-state index in [4.69, 9.17) is 8.85 Å². The molecule has 0 saturated carbocycles. The first-order valence-electron chi connectivity index (χ1n) is 15.8. The van der Waals surface area contributed by atoms with Crippen molar-refractivity contribution in [2.24, 2.45) is 0 Å². The van der Waals surface area contributed by atoms with Crippen molar-refractivity contribution in [1.82, 2.24) is 0 Å². The van der Waals surface area contributed by atoms with E-state index in [9.17, 15) is 9.59 Å². The Balaban J connectivity index is 1.63. The van der Waals surface area contributed by atoms with E-state index in [1.165, 1.54) is 77.0 Å². The van der Waals surface area contributed by atoms with Crippen LogP contribution < -0.4 is 8.85 Å². The second kappa shape index (κ2) is 15.2. The minimum atomic E-state index is -1.93. The highest BCUT2D eigenvalue weighted by Gasteiger charge is 2.32. The van der Waals surface area contributed by atoms with Crippen molar-refractivity contribution in [2.75, 3.05) is 0 Å². The first-order valence-corrected chi connectivity index (χ1v) is 22.1. The number of carbonyl (C=O) groups is 2. The molecule has 0 radical (unpaired) electrons. The topological polar surface area (TPSA) is 52.6 Å². The predicted molar refractivity (Wildman–Crippen MR) is 172 cm³/mol. The quantitative estimate of drug-likeness (QED) is 0.111. The SMILES string of the molecule is CCCCCCCC[Si](C)(C)Oc1ccc2c(c1)C(=O)c1ccc(O[Si](C)(C)CCCCCCCC)cc1C2=O. The van der Waals surface area contributed by atoms with Gasteiger partial charge in [-0.05, 0) is 74.7 Å². The molecule has 0 bridgehead atoms. The first-order chi connectivity index (χ1) is 19.1. The van der Waals surface area contributed by atoms with Crippen molar-refractivity contribution in [3.63, 3.8) is 0 Å². The Morgan fingerprint density at radius 1 is 0.500 bits per heavy atom. The number of hydrogen-bond donors (Lipinski definition) is 0. The average molecular weight is 581 g/mol. The molecule has 0 atom stereocenters. The second-order valence-electron chi connectivity index (χ2n) is 12.8. The number of benzene rings is 2. The van der Waals surface area contributed by atoms with Gasteiger partial charge < -0.3 is 8.85 Å². The molecular weight excluding hydrogens is 529 g/mol. The van der Waals surface area contributed by atoms with Gasteiger partial charge in [0.05, 0.1) is 0 Å². The third-order valence-electron chi connectivity index (χ3n) is 8.01. The summed E-state index contributed by atoms with van der Waals surface area (Å²) in [7, 11) is -3.85. The summed E-state index contributed by atoms with van der Waals surface area (Å²) in [6.07, 6.45) is 15.2. The van der Waals surface area contributed by atoms with Crippen molar-refractivity contribution < 1.29 is 18.4 Å².